The van der Waals surface area contributed by atoms with Crippen LogP contribution < -0.4 is 10.6 Å². The van der Waals surface area contributed by atoms with Crippen molar-refractivity contribution in [2.24, 2.45) is 0 Å². The van der Waals surface area contributed by atoms with Crippen molar-refractivity contribution < 1.29 is 9.21 Å². The molecule has 1 heterocycles. The van der Waals surface area contributed by atoms with Crippen molar-refractivity contribution in [2.45, 2.75) is 67.9 Å². The first-order valence-corrected chi connectivity index (χ1v) is 9.18. The third-order valence-corrected chi connectivity index (χ3v) is 4.72. The number of hydrogen-bond donors (Lipinski definition) is 2. The zero-order valence-corrected chi connectivity index (χ0v) is 15.5. The van der Waals surface area contributed by atoms with E-state index in [-0.39, 0.29) is 11.8 Å². The minimum absolute atomic E-state index is 0.209. The van der Waals surface area contributed by atoms with E-state index in [1.54, 1.807) is 6.07 Å². The molecule has 4 nitrogen and oxygen atoms in total. The van der Waals surface area contributed by atoms with E-state index in [4.69, 9.17) is 39.2 Å². The number of hydrogen-bond acceptors (Lipinski definition) is 3. The number of alkyl halides is 3. The fourth-order valence-electron chi connectivity index (χ4n) is 2.83. The van der Waals surface area contributed by atoms with Gasteiger partial charge >= 0.3 is 0 Å². The van der Waals surface area contributed by atoms with Gasteiger partial charge in [-0.05, 0) is 31.4 Å². The lowest BCUT2D eigenvalue weighted by molar-refractivity contribution is 0.0896. The van der Waals surface area contributed by atoms with Gasteiger partial charge in [0.05, 0.1) is 6.26 Å². The van der Waals surface area contributed by atoms with Crippen LogP contribution in [0.3, 0.4) is 0 Å². The minimum atomic E-state index is -1.64. The Kier molecular flexibility index (Phi) is 7.08. The predicted octanol–water partition coefficient (Wildman–Crippen LogP) is 4.72. The van der Waals surface area contributed by atoms with Gasteiger partial charge in [-0.15, -0.1) is 0 Å². The van der Waals surface area contributed by atoms with Crippen LogP contribution in [-0.4, -0.2) is 21.9 Å². The first-order chi connectivity index (χ1) is 10.9. The number of rotatable bonds is 4. The summed E-state index contributed by atoms with van der Waals surface area (Å²) >= 11 is 18.2. The molecule has 2 N–H and O–H groups in total. The molecule has 1 fully saturated rings. The molecule has 1 unspecified atom stereocenters. The molecule has 0 bridgehead atoms. The van der Waals surface area contributed by atoms with Gasteiger partial charge in [-0.3, -0.25) is 10.1 Å². The highest BCUT2D eigenvalue weighted by Crippen LogP contribution is 2.30. The Morgan fingerprint density at radius 1 is 1.22 bits per heavy atom. The molecule has 0 radical (unpaired) electrons. The van der Waals surface area contributed by atoms with Gasteiger partial charge in [-0.25, -0.2) is 0 Å². The van der Waals surface area contributed by atoms with E-state index in [1.165, 1.54) is 25.5 Å². The summed E-state index contributed by atoms with van der Waals surface area (Å²) in [5, 5.41) is 6.03. The van der Waals surface area contributed by atoms with Gasteiger partial charge in [0.25, 0.3) is 5.91 Å². The molecule has 1 aliphatic carbocycles. The average molecular weight is 382 g/mol. The van der Waals surface area contributed by atoms with E-state index in [9.17, 15) is 4.79 Å². The van der Waals surface area contributed by atoms with E-state index in [2.05, 4.69) is 10.6 Å². The van der Waals surface area contributed by atoms with Gasteiger partial charge in [-0.1, -0.05) is 66.9 Å². The quantitative estimate of drug-likeness (QED) is 0.586. The van der Waals surface area contributed by atoms with Crippen LogP contribution in [-0.2, 0) is 0 Å². The molecule has 0 spiro atoms. The molecule has 1 aromatic heterocycles. The van der Waals surface area contributed by atoms with E-state index in [0.29, 0.717) is 0 Å². The second-order valence-electron chi connectivity index (χ2n) is 6.15. The third-order valence-electron chi connectivity index (χ3n) is 4.06. The van der Waals surface area contributed by atoms with Crippen LogP contribution in [0.1, 0.15) is 61.1 Å². The van der Waals surface area contributed by atoms with E-state index < -0.39 is 15.9 Å². The zero-order valence-electron chi connectivity index (χ0n) is 13.2. The zero-order chi connectivity index (χ0) is 16.9. The van der Waals surface area contributed by atoms with Crippen molar-refractivity contribution >= 4 is 40.7 Å². The van der Waals surface area contributed by atoms with Crippen molar-refractivity contribution in [3.8, 4) is 0 Å². The first kappa shape index (κ1) is 18.9. The maximum Gasteiger partial charge on any atom is 0.288 e. The Balaban J connectivity index is 2.00. The second kappa shape index (κ2) is 8.61. The van der Waals surface area contributed by atoms with E-state index in [1.807, 2.05) is 6.92 Å². The highest BCUT2D eigenvalue weighted by molar-refractivity contribution is 6.68. The molecule has 1 amide bonds. The van der Waals surface area contributed by atoms with Crippen molar-refractivity contribution in [3.05, 3.63) is 23.7 Å². The lowest BCUT2D eigenvalue weighted by Crippen LogP contribution is -2.56. The minimum Gasteiger partial charge on any atom is -0.459 e. The van der Waals surface area contributed by atoms with Crippen molar-refractivity contribution in [3.63, 3.8) is 0 Å². The molecule has 2 rings (SSSR count). The predicted molar refractivity (Wildman–Crippen MR) is 94.2 cm³/mol. The van der Waals surface area contributed by atoms with Crippen molar-refractivity contribution in [1.29, 1.82) is 0 Å². The SMILES string of the molecule is Cc1coc(C(=O)NC(NC2CCCCCCC2)C(Cl)(Cl)Cl)c1. The highest BCUT2D eigenvalue weighted by Gasteiger charge is 2.36. The largest absolute Gasteiger partial charge is 0.459 e. The standard InChI is InChI=1S/C16H23Cl3N2O2/c1-11-9-13(23-10-11)14(22)21-15(16(17,18)19)20-12-7-5-3-2-4-6-8-12/h9-10,12,15,20H,2-8H2,1H3,(H,21,22). The maximum absolute atomic E-state index is 12.3. The van der Waals surface area contributed by atoms with Gasteiger partial charge in [0.1, 0.15) is 6.17 Å². The normalized spacial score (nSPS) is 19.0. The Morgan fingerprint density at radius 2 is 1.83 bits per heavy atom. The molecule has 130 valence electrons. The number of carbonyl (C=O) groups excluding carboxylic acids is 1. The van der Waals surface area contributed by atoms with Crippen LogP contribution in [0.25, 0.3) is 0 Å². The molecule has 1 aromatic rings. The molecule has 1 aliphatic rings. The third kappa shape index (κ3) is 6.18. The number of aryl methyl sites for hydroxylation is 1. The molecule has 1 saturated carbocycles. The van der Waals surface area contributed by atoms with Crippen LogP contribution in [0.5, 0.6) is 0 Å². The molecular weight excluding hydrogens is 359 g/mol. The molecule has 0 saturated heterocycles. The van der Waals surface area contributed by atoms with Crippen LogP contribution in [0.15, 0.2) is 16.7 Å². The Labute approximate surface area is 152 Å². The summed E-state index contributed by atoms with van der Waals surface area (Å²) in [5.74, 6) is -0.186. The smallest absolute Gasteiger partial charge is 0.288 e. The Morgan fingerprint density at radius 3 is 2.35 bits per heavy atom. The first-order valence-electron chi connectivity index (χ1n) is 8.05. The number of nitrogens with one attached hydrogen (secondary N) is 2. The average Bonchev–Trinajstić information content (AvgIpc) is 2.86. The summed E-state index contributed by atoms with van der Waals surface area (Å²) in [7, 11) is 0. The van der Waals surface area contributed by atoms with Crippen molar-refractivity contribution in [2.75, 3.05) is 0 Å². The van der Waals surface area contributed by atoms with E-state index in [0.717, 1.165) is 31.2 Å². The number of furan rings is 1. The van der Waals surface area contributed by atoms with Gasteiger partial charge in [0, 0.05) is 6.04 Å². The highest BCUT2D eigenvalue weighted by atomic mass is 35.6. The van der Waals surface area contributed by atoms with Crippen LogP contribution in [0, 0.1) is 6.92 Å². The second-order valence-corrected chi connectivity index (χ2v) is 8.51. The fraction of sp³-hybridized carbons (Fsp3) is 0.688. The Bertz CT molecular complexity index is 506. The topological polar surface area (TPSA) is 54.3 Å². The van der Waals surface area contributed by atoms with Gasteiger partial charge in [-0.2, -0.15) is 0 Å². The number of halogens is 3. The summed E-state index contributed by atoms with van der Waals surface area (Å²) in [6.45, 7) is 1.85. The lowest BCUT2D eigenvalue weighted by atomic mass is 9.96. The summed E-state index contributed by atoms with van der Waals surface area (Å²) < 4.78 is 3.56. The fourth-order valence-corrected chi connectivity index (χ4v) is 3.18. The van der Waals surface area contributed by atoms with Gasteiger partial charge in [0.15, 0.2) is 5.76 Å². The van der Waals surface area contributed by atoms with Crippen LogP contribution in [0.4, 0.5) is 0 Å². The number of carbonyl (C=O) groups is 1. The van der Waals surface area contributed by atoms with Crippen LogP contribution >= 0.6 is 34.8 Å². The molecular formula is C16H23Cl3N2O2. The Hall–Kier alpha value is -0.420. The molecule has 7 heteroatoms. The summed E-state index contributed by atoms with van der Waals surface area (Å²) in [6, 6.07) is 1.88. The maximum atomic E-state index is 12.3. The van der Waals surface area contributed by atoms with Crippen LogP contribution in [0.2, 0.25) is 0 Å². The van der Waals surface area contributed by atoms with Crippen molar-refractivity contribution in [1.82, 2.24) is 10.6 Å². The van der Waals surface area contributed by atoms with Gasteiger partial charge < -0.3 is 9.73 Å². The molecule has 0 aliphatic heterocycles. The monoisotopic (exact) mass is 380 g/mol. The molecule has 23 heavy (non-hydrogen) atoms. The lowest BCUT2D eigenvalue weighted by Gasteiger charge is -2.31. The summed E-state index contributed by atoms with van der Waals surface area (Å²) in [5.41, 5.74) is 0.869. The van der Waals surface area contributed by atoms with E-state index >= 15 is 0 Å². The summed E-state index contributed by atoms with van der Waals surface area (Å²) in [4.78, 5) is 12.3. The summed E-state index contributed by atoms with van der Waals surface area (Å²) in [6.07, 6.45) is 8.83. The molecule has 0 aromatic carbocycles. The number of amides is 1. The molecule has 1 atom stereocenters. The van der Waals surface area contributed by atoms with Gasteiger partial charge in [0.2, 0.25) is 3.79 Å².